The van der Waals surface area contributed by atoms with Gasteiger partial charge in [0.2, 0.25) is 0 Å². The number of hydrogen-bond acceptors (Lipinski definition) is 2. The second-order valence-electron chi connectivity index (χ2n) is 5.63. The molecular formula is C16H18ClN3O. The van der Waals surface area contributed by atoms with Gasteiger partial charge < -0.3 is 9.47 Å². The smallest absolute Gasteiger partial charge is 0.254 e. The van der Waals surface area contributed by atoms with Gasteiger partial charge in [-0.05, 0) is 32.0 Å². The Morgan fingerprint density at radius 2 is 2.19 bits per heavy atom. The van der Waals surface area contributed by atoms with Gasteiger partial charge in [-0.25, -0.2) is 4.98 Å². The van der Waals surface area contributed by atoms with Gasteiger partial charge in [-0.3, -0.25) is 4.79 Å². The summed E-state index contributed by atoms with van der Waals surface area (Å²) < 4.78 is 2.15. The Labute approximate surface area is 129 Å². The van der Waals surface area contributed by atoms with Gasteiger partial charge in [0.25, 0.3) is 5.91 Å². The average molecular weight is 304 g/mol. The van der Waals surface area contributed by atoms with Crippen LogP contribution in [0.2, 0.25) is 5.02 Å². The largest absolute Gasteiger partial charge is 0.332 e. The van der Waals surface area contributed by atoms with Crippen LogP contribution in [0.3, 0.4) is 0 Å². The van der Waals surface area contributed by atoms with E-state index in [1.54, 1.807) is 12.1 Å². The van der Waals surface area contributed by atoms with E-state index in [1.165, 1.54) is 0 Å². The Hall–Kier alpha value is -1.81. The van der Waals surface area contributed by atoms with E-state index in [0.717, 1.165) is 17.8 Å². The van der Waals surface area contributed by atoms with Crippen LogP contribution in [-0.4, -0.2) is 26.9 Å². The van der Waals surface area contributed by atoms with Crippen LogP contribution >= 0.6 is 11.6 Å². The minimum atomic E-state index is 0.0275. The van der Waals surface area contributed by atoms with Crippen LogP contribution in [0, 0.1) is 0 Å². The second-order valence-corrected chi connectivity index (χ2v) is 6.06. The number of rotatable bonds is 2. The third-order valence-corrected chi connectivity index (χ3v) is 4.09. The first kappa shape index (κ1) is 14.1. The average Bonchev–Trinajstić information content (AvgIpc) is 2.89. The standard InChI is InChI=1S/C16H18ClN3O/c1-11(2)20-10-18-14-6-7-19(9-15(14)20)16(21)12-4-3-5-13(17)8-12/h3-5,8,10-11H,6-7,9H2,1-2H3. The molecule has 2 heterocycles. The molecule has 0 unspecified atom stereocenters. The fraction of sp³-hybridized carbons (Fsp3) is 0.375. The maximum atomic E-state index is 12.6. The topological polar surface area (TPSA) is 38.1 Å². The monoisotopic (exact) mass is 303 g/mol. The summed E-state index contributed by atoms with van der Waals surface area (Å²) in [4.78, 5) is 18.9. The summed E-state index contributed by atoms with van der Waals surface area (Å²) in [5, 5.41) is 0.589. The van der Waals surface area contributed by atoms with Crippen molar-refractivity contribution >= 4 is 17.5 Å². The molecule has 2 aromatic rings. The normalized spacial score (nSPS) is 14.4. The molecule has 21 heavy (non-hydrogen) atoms. The van der Waals surface area contributed by atoms with Gasteiger partial charge in [0.1, 0.15) is 0 Å². The van der Waals surface area contributed by atoms with Crippen molar-refractivity contribution in [3.63, 3.8) is 0 Å². The molecule has 0 spiro atoms. The van der Waals surface area contributed by atoms with Crippen molar-refractivity contribution in [2.24, 2.45) is 0 Å². The van der Waals surface area contributed by atoms with Crippen molar-refractivity contribution in [3.05, 3.63) is 52.6 Å². The molecule has 0 bridgehead atoms. The molecule has 1 aromatic heterocycles. The van der Waals surface area contributed by atoms with Crippen LogP contribution in [0.1, 0.15) is 41.6 Å². The molecule has 1 amide bonds. The number of benzene rings is 1. The van der Waals surface area contributed by atoms with Gasteiger partial charge in [-0.1, -0.05) is 17.7 Å². The summed E-state index contributed by atoms with van der Waals surface area (Å²) in [6.45, 7) is 5.56. The van der Waals surface area contributed by atoms with E-state index in [0.29, 0.717) is 29.7 Å². The third-order valence-electron chi connectivity index (χ3n) is 3.86. The minimum absolute atomic E-state index is 0.0275. The van der Waals surface area contributed by atoms with E-state index in [-0.39, 0.29) is 5.91 Å². The number of carbonyl (C=O) groups excluding carboxylic acids is 1. The summed E-state index contributed by atoms with van der Waals surface area (Å²) in [7, 11) is 0. The molecule has 0 radical (unpaired) electrons. The Morgan fingerprint density at radius 3 is 2.90 bits per heavy atom. The van der Waals surface area contributed by atoms with Gasteiger partial charge in [0.05, 0.1) is 24.3 Å². The molecule has 0 fully saturated rings. The Balaban J connectivity index is 1.85. The van der Waals surface area contributed by atoms with Gasteiger partial charge in [-0.15, -0.1) is 0 Å². The third kappa shape index (κ3) is 2.68. The van der Waals surface area contributed by atoms with E-state index >= 15 is 0 Å². The number of carbonyl (C=O) groups is 1. The molecule has 5 heteroatoms. The molecular weight excluding hydrogens is 286 g/mol. The van der Waals surface area contributed by atoms with Crippen molar-refractivity contribution in [2.45, 2.75) is 32.9 Å². The fourth-order valence-corrected chi connectivity index (χ4v) is 2.92. The number of hydrogen-bond donors (Lipinski definition) is 0. The van der Waals surface area contributed by atoms with Crippen molar-refractivity contribution in [1.82, 2.24) is 14.5 Å². The summed E-state index contributed by atoms with van der Waals surface area (Å²) in [5.41, 5.74) is 2.90. The van der Waals surface area contributed by atoms with Gasteiger partial charge >= 0.3 is 0 Å². The van der Waals surface area contributed by atoms with Crippen molar-refractivity contribution in [3.8, 4) is 0 Å². The molecule has 1 aliphatic heterocycles. The van der Waals surface area contributed by atoms with E-state index in [4.69, 9.17) is 11.6 Å². The zero-order chi connectivity index (χ0) is 15.0. The predicted molar refractivity (Wildman–Crippen MR) is 82.5 cm³/mol. The van der Waals surface area contributed by atoms with E-state index in [2.05, 4.69) is 23.4 Å². The van der Waals surface area contributed by atoms with Crippen LogP contribution in [0.4, 0.5) is 0 Å². The highest BCUT2D eigenvalue weighted by atomic mass is 35.5. The SMILES string of the molecule is CC(C)n1cnc2c1CN(C(=O)c1cccc(Cl)c1)CC2. The highest BCUT2D eigenvalue weighted by molar-refractivity contribution is 6.30. The van der Waals surface area contributed by atoms with Gasteiger partial charge in [0.15, 0.2) is 0 Å². The lowest BCUT2D eigenvalue weighted by Gasteiger charge is -2.28. The molecule has 0 N–H and O–H groups in total. The quantitative estimate of drug-likeness (QED) is 0.853. The van der Waals surface area contributed by atoms with Crippen molar-refractivity contribution in [2.75, 3.05) is 6.54 Å². The molecule has 4 nitrogen and oxygen atoms in total. The van der Waals surface area contributed by atoms with E-state index < -0.39 is 0 Å². The van der Waals surface area contributed by atoms with E-state index in [9.17, 15) is 4.79 Å². The first-order chi connectivity index (χ1) is 10.1. The molecule has 1 aliphatic rings. The molecule has 0 saturated heterocycles. The second kappa shape index (κ2) is 5.53. The number of aromatic nitrogens is 2. The van der Waals surface area contributed by atoms with Crippen LogP contribution in [0.15, 0.2) is 30.6 Å². The number of nitrogens with zero attached hydrogens (tertiary/aromatic N) is 3. The summed E-state index contributed by atoms with van der Waals surface area (Å²) in [5.74, 6) is 0.0275. The van der Waals surface area contributed by atoms with Gasteiger partial charge in [0, 0.05) is 29.6 Å². The lowest BCUT2D eigenvalue weighted by molar-refractivity contribution is 0.0728. The maximum Gasteiger partial charge on any atom is 0.254 e. The highest BCUT2D eigenvalue weighted by Gasteiger charge is 2.25. The summed E-state index contributed by atoms with van der Waals surface area (Å²) in [6, 6.07) is 7.47. The zero-order valence-electron chi connectivity index (χ0n) is 12.2. The first-order valence-corrected chi connectivity index (χ1v) is 7.53. The molecule has 110 valence electrons. The minimum Gasteiger partial charge on any atom is -0.332 e. The summed E-state index contributed by atoms with van der Waals surface area (Å²) >= 11 is 5.97. The highest BCUT2D eigenvalue weighted by Crippen LogP contribution is 2.23. The van der Waals surface area contributed by atoms with Crippen LogP contribution in [-0.2, 0) is 13.0 Å². The Morgan fingerprint density at radius 1 is 1.38 bits per heavy atom. The van der Waals surface area contributed by atoms with E-state index in [1.807, 2.05) is 23.4 Å². The zero-order valence-corrected chi connectivity index (χ0v) is 13.0. The Bertz CT molecular complexity index is 678. The number of amides is 1. The van der Waals surface area contributed by atoms with Crippen molar-refractivity contribution < 1.29 is 4.79 Å². The molecule has 0 atom stereocenters. The van der Waals surface area contributed by atoms with Gasteiger partial charge in [-0.2, -0.15) is 0 Å². The van der Waals surface area contributed by atoms with Crippen molar-refractivity contribution in [1.29, 1.82) is 0 Å². The lowest BCUT2D eigenvalue weighted by Crippen LogP contribution is -2.36. The maximum absolute atomic E-state index is 12.6. The lowest BCUT2D eigenvalue weighted by atomic mass is 10.1. The first-order valence-electron chi connectivity index (χ1n) is 7.15. The number of halogens is 1. The molecule has 0 aliphatic carbocycles. The van der Waals surface area contributed by atoms with Crippen LogP contribution < -0.4 is 0 Å². The molecule has 3 rings (SSSR count). The van der Waals surface area contributed by atoms with Crippen LogP contribution in [0.5, 0.6) is 0 Å². The fourth-order valence-electron chi connectivity index (χ4n) is 2.73. The predicted octanol–water partition coefficient (Wildman–Crippen LogP) is 3.32. The Kier molecular flexibility index (Phi) is 3.72. The molecule has 0 saturated carbocycles. The number of imidazole rings is 1. The number of fused-ring (bicyclic) bond motifs is 1. The molecule has 1 aromatic carbocycles. The van der Waals surface area contributed by atoms with Crippen LogP contribution in [0.25, 0.3) is 0 Å². The summed E-state index contributed by atoms with van der Waals surface area (Å²) in [6.07, 6.45) is 2.68.